The smallest absolute Gasteiger partial charge is 0.325 e. The molecular formula is C10H10INO2. The Labute approximate surface area is 95.7 Å². The van der Waals surface area contributed by atoms with Crippen LogP contribution in [0.2, 0.25) is 0 Å². The van der Waals surface area contributed by atoms with E-state index < -0.39 is 12.0 Å². The van der Waals surface area contributed by atoms with Crippen LogP contribution in [0.1, 0.15) is 17.2 Å². The molecule has 0 aliphatic carbocycles. The Kier molecular flexibility index (Phi) is 2.73. The van der Waals surface area contributed by atoms with Crippen molar-refractivity contribution < 1.29 is 9.90 Å². The van der Waals surface area contributed by atoms with E-state index in [0.29, 0.717) is 0 Å². The van der Waals surface area contributed by atoms with Gasteiger partial charge in [-0.05, 0) is 46.2 Å². The van der Waals surface area contributed by atoms with Crippen LogP contribution in [0.5, 0.6) is 0 Å². The van der Waals surface area contributed by atoms with Gasteiger partial charge in [0.2, 0.25) is 0 Å². The maximum absolute atomic E-state index is 11.0. The summed E-state index contributed by atoms with van der Waals surface area (Å²) in [6.45, 7) is 0.740. The van der Waals surface area contributed by atoms with Gasteiger partial charge in [0.05, 0.1) is 0 Å². The van der Waals surface area contributed by atoms with Crippen molar-refractivity contribution in [3.05, 3.63) is 32.9 Å². The van der Waals surface area contributed by atoms with Gasteiger partial charge in [-0.3, -0.25) is 4.79 Å². The lowest BCUT2D eigenvalue weighted by Gasteiger charge is -2.24. The minimum Gasteiger partial charge on any atom is -0.480 e. The van der Waals surface area contributed by atoms with Crippen LogP contribution in [0, 0.1) is 3.57 Å². The second kappa shape index (κ2) is 3.86. The Balaban J connectivity index is 2.49. The van der Waals surface area contributed by atoms with Gasteiger partial charge in [0.1, 0.15) is 6.04 Å². The maximum atomic E-state index is 11.0. The van der Waals surface area contributed by atoms with Crippen molar-refractivity contribution in [3.8, 4) is 0 Å². The minimum atomic E-state index is -0.798. The Morgan fingerprint density at radius 2 is 2.36 bits per heavy atom. The molecule has 1 atom stereocenters. The van der Waals surface area contributed by atoms with Crippen LogP contribution >= 0.6 is 22.6 Å². The van der Waals surface area contributed by atoms with E-state index in [4.69, 9.17) is 5.11 Å². The first-order valence-corrected chi connectivity index (χ1v) is 5.51. The van der Waals surface area contributed by atoms with Crippen LogP contribution in [0.15, 0.2) is 18.2 Å². The summed E-state index contributed by atoms with van der Waals surface area (Å²) in [5, 5.41) is 12.0. The van der Waals surface area contributed by atoms with Gasteiger partial charge in [-0.1, -0.05) is 12.1 Å². The average molecular weight is 303 g/mol. The Morgan fingerprint density at radius 3 is 3.07 bits per heavy atom. The molecule has 4 heteroatoms. The molecule has 0 saturated carbocycles. The molecule has 0 fully saturated rings. The van der Waals surface area contributed by atoms with E-state index >= 15 is 0 Å². The number of carboxylic acids is 1. The highest BCUT2D eigenvalue weighted by Gasteiger charge is 2.26. The molecule has 1 aliphatic rings. The van der Waals surface area contributed by atoms with Gasteiger partial charge in [-0.2, -0.15) is 0 Å². The second-order valence-corrected chi connectivity index (χ2v) is 4.45. The van der Waals surface area contributed by atoms with Gasteiger partial charge in [0, 0.05) is 10.1 Å². The normalized spacial score (nSPS) is 20.2. The van der Waals surface area contributed by atoms with Crippen LogP contribution in [-0.4, -0.2) is 17.6 Å². The fourth-order valence-corrected chi connectivity index (χ4v) is 2.57. The molecule has 0 saturated heterocycles. The minimum absolute atomic E-state index is 0.534. The summed E-state index contributed by atoms with van der Waals surface area (Å²) >= 11 is 2.26. The molecule has 1 aliphatic heterocycles. The van der Waals surface area contributed by atoms with E-state index in [2.05, 4.69) is 27.9 Å². The lowest BCUT2D eigenvalue weighted by molar-refractivity contribution is -0.139. The monoisotopic (exact) mass is 303 g/mol. The van der Waals surface area contributed by atoms with Crippen molar-refractivity contribution in [1.82, 2.24) is 5.32 Å². The van der Waals surface area contributed by atoms with E-state index in [1.54, 1.807) is 0 Å². The van der Waals surface area contributed by atoms with Crippen molar-refractivity contribution in [1.29, 1.82) is 0 Å². The molecule has 1 heterocycles. The molecule has 0 amide bonds. The summed E-state index contributed by atoms with van der Waals surface area (Å²) in [5.74, 6) is -0.798. The van der Waals surface area contributed by atoms with Gasteiger partial charge in [0.25, 0.3) is 0 Å². The van der Waals surface area contributed by atoms with E-state index in [9.17, 15) is 4.79 Å². The molecule has 0 bridgehead atoms. The summed E-state index contributed by atoms with van der Waals surface area (Å²) in [5.41, 5.74) is 2.09. The Hall–Kier alpha value is -0.620. The zero-order valence-corrected chi connectivity index (χ0v) is 9.61. The van der Waals surface area contributed by atoms with Crippen LogP contribution in [-0.2, 0) is 11.2 Å². The Morgan fingerprint density at radius 1 is 1.57 bits per heavy atom. The number of rotatable bonds is 1. The first kappa shape index (κ1) is 9.92. The zero-order valence-electron chi connectivity index (χ0n) is 7.46. The molecule has 2 rings (SSSR count). The Bertz CT molecular complexity index is 378. The molecule has 1 aromatic carbocycles. The third kappa shape index (κ3) is 1.64. The first-order valence-electron chi connectivity index (χ1n) is 4.43. The number of fused-ring (bicyclic) bond motifs is 1. The predicted molar refractivity (Wildman–Crippen MR) is 61.2 cm³/mol. The molecule has 0 radical (unpaired) electrons. The second-order valence-electron chi connectivity index (χ2n) is 3.28. The molecule has 2 N–H and O–H groups in total. The van der Waals surface area contributed by atoms with Crippen molar-refractivity contribution in [2.45, 2.75) is 12.5 Å². The van der Waals surface area contributed by atoms with Gasteiger partial charge in [-0.25, -0.2) is 0 Å². The molecular weight excluding hydrogens is 293 g/mol. The van der Waals surface area contributed by atoms with E-state index in [1.165, 1.54) is 5.56 Å². The zero-order chi connectivity index (χ0) is 10.1. The molecule has 74 valence electrons. The largest absolute Gasteiger partial charge is 0.480 e. The lowest BCUT2D eigenvalue weighted by atomic mass is 9.94. The maximum Gasteiger partial charge on any atom is 0.325 e. The topological polar surface area (TPSA) is 49.3 Å². The van der Waals surface area contributed by atoms with Gasteiger partial charge in [-0.15, -0.1) is 0 Å². The number of halogens is 1. The van der Waals surface area contributed by atoms with Gasteiger partial charge in [0.15, 0.2) is 0 Å². The van der Waals surface area contributed by atoms with Crippen LogP contribution in [0.3, 0.4) is 0 Å². The SMILES string of the molecule is O=C(O)[C@@H]1NCCc2c(I)cccc21. The number of aliphatic carboxylic acids is 1. The van der Waals surface area contributed by atoms with Crippen LogP contribution in [0.4, 0.5) is 0 Å². The summed E-state index contributed by atoms with van der Waals surface area (Å²) < 4.78 is 1.16. The standard InChI is InChI=1S/C10H10INO2/c11-8-3-1-2-7-6(8)4-5-12-9(7)10(13)14/h1-3,9,12H,4-5H2,(H,13,14)/t9-/m1/s1. The van der Waals surface area contributed by atoms with Crippen molar-refractivity contribution >= 4 is 28.6 Å². The number of hydrogen-bond acceptors (Lipinski definition) is 2. The van der Waals surface area contributed by atoms with Gasteiger partial charge >= 0.3 is 5.97 Å². The first-order chi connectivity index (χ1) is 6.70. The lowest BCUT2D eigenvalue weighted by Crippen LogP contribution is -2.35. The van der Waals surface area contributed by atoms with E-state index in [0.717, 1.165) is 22.1 Å². The average Bonchev–Trinajstić information content (AvgIpc) is 2.17. The fraction of sp³-hybridized carbons (Fsp3) is 0.300. The number of carboxylic acid groups (broad SMARTS) is 1. The van der Waals surface area contributed by atoms with Gasteiger partial charge < -0.3 is 10.4 Å². The number of hydrogen-bond donors (Lipinski definition) is 2. The highest BCUT2D eigenvalue weighted by atomic mass is 127. The molecule has 14 heavy (non-hydrogen) atoms. The van der Waals surface area contributed by atoms with Crippen molar-refractivity contribution in [3.63, 3.8) is 0 Å². The van der Waals surface area contributed by atoms with Crippen LogP contribution < -0.4 is 5.32 Å². The molecule has 0 unspecified atom stereocenters. The summed E-state index contributed by atoms with van der Waals surface area (Å²) in [6, 6.07) is 5.28. The highest BCUT2D eigenvalue weighted by Crippen LogP contribution is 2.26. The third-order valence-electron chi connectivity index (χ3n) is 2.44. The molecule has 3 nitrogen and oxygen atoms in total. The van der Waals surface area contributed by atoms with Crippen LogP contribution in [0.25, 0.3) is 0 Å². The number of carbonyl (C=O) groups is 1. The number of benzene rings is 1. The van der Waals surface area contributed by atoms with Crippen molar-refractivity contribution in [2.24, 2.45) is 0 Å². The summed E-state index contributed by atoms with van der Waals surface area (Å²) in [4.78, 5) is 11.0. The van der Waals surface area contributed by atoms with Crippen molar-refractivity contribution in [2.75, 3.05) is 6.54 Å². The van der Waals surface area contributed by atoms with E-state index in [1.807, 2.05) is 18.2 Å². The predicted octanol–water partition coefficient (Wildman–Crippen LogP) is 1.56. The van der Waals surface area contributed by atoms with E-state index in [-0.39, 0.29) is 0 Å². The number of nitrogens with one attached hydrogen (secondary N) is 1. The summed E-state index contributed by atoms with van der Waals surface area (Å²) in [7, 11) is 0. The molecule has 0 spiro atoms. The highest BCUT2D eigenvalue weighted by molar-refractivity contribution is 14.1. The third-order valence-corrected chi connectivity index (χ3v) is 3.45. The fourth-order valence-electron chi connectivity index (χ4n) is 1.78. The molecule has 0 aromatic heterocycles. The molecule has 1 aromatic rings. The quantitative estimate of drug-likeness (QED) is 0.774. The summed E-state index contributed by atoms with van der Waals surface area (Å²) in [6.07, 6.45) is 0.915.